The molecule has 3 fully saturated rings. The van der Waals surface area contributed by atoms with Gasteiger partial charge in [0.15, 0.2) is 0 Å². The number of nitrogens with two attached hydrogens (primary N) is 1. The lowest BCUT2D eigenvalue weighted by atomic mass is 9.55. The molecular formula is C16H27N3O3. The second kappa shape index (κ2) is 5.72. The van der Waals surface area contributed by atoms with E-state index in [2.05, 4.69) is 10.6 Å². The van der Waals surface area contributed by atoms with E-state index in [1.807, 2.05) is 6.92 Å². The fourth-order valence-corrected chi connectivity index (χ4v) is 4.33. The van der Waals surface area contributed by atoms with Gasteiger partial charge in [0.25, 0.3) is 0 Å². The van der Waals surface area contributed by atoms with Crippen LogP contribution in [0.3, 0.4) is 0 Å². The van der Waals surface area contributed by atoms with Crippen molar-refractivity contribution in [1.29, 1.82) is 0 Å². The van der Waals surface area contributed by atoms with Crippen molar-refractivity contribution in [3.05, 3.63) is 0 Å². The zero-order valence-corrected chi connectivity index (χ0v) is 13.3. The third-order valence-electron chi connectivity index (χ3n) is 5.79. The number of urea groups is 1. The molecule has 4 N–H and O–H groups in total. The summed E-state index contributed by atoms with van der Waals surface area (Å²) < 4.78 is 5.91. The lowest BCUT2D eigenvalue weighted by Gasteiger charge is -2.57. The van der Waals surface area contributed by atoms with Crippen LogP contribution in [-0.2, 0) is 9.53 Å². The van der Waals surface area contributed by atoms with Gasteiger partial charge < -0.3 is 21.1 Å². The summed E-state index contributed by atoms with van der Waals surface area (Å²) in [5.41, 5.74) is 4.53. The Bertz CT molecular complexity index is 456. The Kier molecular flexibility index (Phi) is 4.05. The molecular weight excluding hydrogens is 282 g/mol. The van der Waals surface area contributed by atoms with Gasteiger partial charge in [0.2, 0.25) is 5.91 Å². The summed E-state index contributed by atoms with van der Waals surface area (Å²) in [4.78, 5) is 23.6. The van der Waals surface area contributed by atoms with Gasteiger partial charge in [-0.25, -0.2) is 4.79 Å². The van der Waals surface area contributed by atoms with Gasteiger partial charge in [-0.1, -0.05) is 19.3 Å². The first-order chi connectivity index (χ1) is 10.5. The Morgan fingerprint density at radius 2 is 1.86 bits per heavy atom. The fraction of sp³-hybridized carbons (Fsp3) is 0.875. The zero-order valence-electron chi connectivity index (χ0n) is 13.3. The third kappa shape index (κ3) is 2.57. The predicted octanol–water partition coefficient (Wildman–Crippen LogP) is 1.43. The highest BCUT2D eigenvalue weighted by Gasteiger charge is 2.59. The van der Waals surface area contributed by atoms with E-state index < -0.39 is 11.6 Å². The summed E-state index contributed by atoms with van der Waals surface area (Å²) in [7, 11) is 0. The Labute approximate surface area is 131 Å². The molecule has 3 amide bonds. The second-order valence-corrected chi connectivity index (χ2v) is 7.07. The van der Waals surface area contributed by atoms with Crippen LogP contribution in [0, 0.1) is 5.41 Å². The summed E-state index contributed by atoms with van der Waals surface area (Å²) >= 11 is 0. The number of rotatable bonds is 5. The molecule has 2 atom stereocenters. The molecule has 6 heteroatoms. The lowest BCUT2D eigenvalue weighted by Crippen LogP contribution is -2.67. The van der Waals surface area contributed by atoms with E-state index in [1.165, 1.54) is 19.3 Å². The average Bonchev–Trinajstić information content (AvgIpc) is 3.27. The molecule has 6 nitrogen and oxygen atoms in total. The summed E-state index contributed by atoms with van der Waals surface area (Å²) in [5.74, 6) is -0.0730. The van der Waals surface area contributed by atoms with E-state index in [0.717, 1.165) is 25.9 Å². The molecule has 0 aliphatic heterocycles. The Balaban J connectivity index is 1.64. The summed E-state index contributed by atoms with van der Waals surface area (Å²) in [6.45, 7) is 2.75. The van der Waals surface area contributed by atoms with Crippen LogP contribution in [0.2, 0.25) is 0 Å². The maximum absolute atomic E-state index is 12.5. The van der Waals surface area contributed by atoms with Crippen LogP contribution < -0.4 is 16.4 Å². The molecule has 0 heterocycles. The Morgan fingerprint density at radius 1 is 1.18 bits per heavy atom. The predicted molar refractivity (Wildman–Crippen MR) is 82.2 cm³/mol. The highest BCUT2D eigenvalue weighted by molar-refractivity contribution is 5.93. The van der Waals surface area contributed by atoms with Crippen LogP contribution in [0.25, 0.3) is 0 Å². The molecule has 0 aromatic heterocycles. The average molecular weight is 309 g/mol. The molecule has 3 rings (SSSR count). The molecule has 1 spiro atoms. The highest BCUT2D eigenvalue weighted by atomic mass is 16.5. The molecule has 124 valence electrons. The molecule has 0 saturated heterocycles. The van der Waals surface area contributed by atoms with E-state index in [0.29, 0.717) is 12.8 Å². The number of amides is 3. The number of ether oxygens (including phenoxy) is 1. The quantitative estimate of drug-likeness (QED) is 0.717. The van der Waals surface area contributed by atoms with Crippen molar-refractivity contribution in [2.75, 3.05) is 6.61 Å². The Hall–Kier alpha value is -1.30. The first-order valence-electron chi connectivity index (χ1n) is 8.53. The van der Waals surface area contributed by atoms with Crippen molar-refractivity contribution in [2.24, 2.45) is 11.1 Å². The Morgan fingerprint density at radius 3 is 2.41 bits per heavy atom. The van der Waals surface area contributed by atoms with Gasteiger partial charge in [-0.2, -0.15) is 0 Å². The second-order valence-electron chi connectivity index (χ2n) is 7.07. The number of nitrogens with one attached hydrogen (secondary N) is 2. The minimum absolute atomic E-state index is 0.0730. The molecule has 3 aliphatic rings. The van der Waals surface area contributed by atoms with E-state index in [1.54, 1.807) is 0 Å². The van der Waals surface area contributed by atoms with Crippen LogP contribution in [0.4, 0.5) is 4.79 Å². The van der Waals surface area contributed by atoms with Gasteiger partial charge in [-0.15, -0.1) is 0 Å². The van der Waals surface area contributed by atoms with E-state index in [4.69, 9.17) is 10.5 Å². The number of hydrogen-bond acceptors (Lipinski definition) is 3. The maximum Gasteiger partial charge on any atom is 0.313 e. The van der Waals surface area contributed by atoms with Crippen molar-refractivity contribution in [3.8, 4) is 0 Å². The smallest absolute Gasteiger partial charge is 0.313 e. The normalized spacial score (nSPS) is 31.1. The van der Waals surface area contributed by atoms with Crippen molar-refractivity contribution >= 4 is 11.9 Å². The molecule has 3 aliphatic carbocycles. The van der Waals surface area contributed by atoms with Gasteiger partial charge in [0.05, 0.1) is 6.10 Å². The van der Waals surface area contributed by atoms with E-state index >= 15 is 0 Å². The van der Waals surface area contributed by atoms with Crippen molar-refractivity contribution in [3.63, 3.8) is 0 Å². The van der Waals surface area contributed by atoms with Crippen molar-refractivity contribution < 1.29 is 14.3 Å². The minimum Gasteiger partial charge on any atom is -0.378 e. The van der Waals surface area contributed by atoms with Crippen LogP contribution in [-0.4, -0.2) is 36.2 Å². The summed E-state index contributed by atoms with van der Waals surface area (Å²) in [6.07, 6.45) is 8.44. The number of hydrogen-bond donors (Lipinski definition) is 3. The van der Waals surface area contributed by atoms with Crippen LogP contribution in [0.1, 0.15) is 58.3 Å². The molecule has 0 aromatic rings. The van der Waals surface area contributed by atoms with Gasteiger partial charge >= 0.3 is 6.03 Å². The molecule has 22 heavy (non-hydrogen) atoms. The lowest BCUT2D eigenvalue weighted by molar-refractivity contribution is -0.158. The highest BCUT2D eigenvalue weighted by Crippen LogP contribution is 2.53. The van der Waals surface area contributed by atoms with Gasteiger partial charge in [-0.3, -0.25) is 4.79 Å². The SMILES string of the molecule is CCO[C@@H]1C[C@@H](NC(=O)C2(NC(N)=O)CC2)C12CCCCC2. The standard InChI is InChI=1S/C16H27N3O3/c1-2-22-12-10-11(15(12)6-4-3-5-7-15)18-13(20)16(8-9-16)19-14(17)21/h11-12H,2-10H2,1H3,(H,18,20)(H3,17,19,21)/t11-,12-/m1/s1. The molecule has 0 bridgehead atoms. The van der Waals surface area contributed by atoms with Crippen LogP contribution in [0.5, 0.6) is 0 Å². The van der Waals surface area contributed by atoms with Crippen molar-refractivity contribution in [1.82, 2.24) is 10.6 Å². The van der Waals surface area contributed by atoms with Crippen molar-refractivity contribution in [2.45, 2.75) is 76.0 Å². The molecule has 0 aromatic carbocycles. The topological polar surface area (TPSA) is 93.4 Å². The molecule has 0 radical (unpaired) electrons. The van der Waals surface area contributed by atoms with Crippen LogP contribution >= 0.6 is 0 Å². The number of primary amides is 1. The summed E-state index contributed by atoms with van der Waals surface area (Å²) in [5, 5.41) is 5.79. The van der Waals surface area contributed by atoms with Gasteiger partial charge in [0.1, 0.15) is 5.54 Å². The first-order valence-corrected chi connectivity index (χ1v) is 8.53. The largest absolute Gasteiger partial charge is 0.378 e. The summed E-state index contributed by atoms with van der Waals surface area (Å²) in [6, 6.07) is -0.454. The van der Waals surface area contributed by atoms with Crippen LogP contribution in [0.15, 0.2) is 0 Å². The zero-order chi connectivity index (χ0) is 15.8. The maximum atomic E-state index is 12.5. The monoisotopic (exact) mass is 309 g/mol. The number of carbonyl (C=O) groups excluding carboxylic acids is 2. The van der Waals surface area contributed by atoms with E-state index in [-0.39, 0.29) is 23.5 Å². The van der Waals surface area contributed by atoms with E-state index in [9.17, 15) is 9.59 Å². The molecule has 3 saturated carbocycles. The minimum atomic E-state index is -0.752. The van der Waals surface area contributed by atoms with Gasteiger partial charge in [0, 0.05) is 18.1 Å². The fourth-order valence-electron chi connectivity index (χ4n) is 4.33. The van der Waals surface area contributed by atoms with Gasteiger partial charge in [-0.05, 0) is 39.0 Å². The molecule has 0 unspecified atom stereocenters. The first kappa shape index (κ1) is 15.6. The third-order valence-corrected chi connectivity index (χ3v) is 5.79. The number of carbonyl (C=O) groups is 2.